The van der Waals surface area contributed by atoms with Crippen molar-refractivity contribution in [1.82, 2.24) is 29.7 Å². The number of nitrogens with zero attached hydrogens (tertiary/aromatic N) is 4. The van der Waals surface area contributed by atoms with Crippen molar-refractivity contribution in [1.29, 1.82) is 0 Å². The number of thiazole rings is 1. The first-order valence-corrected chi connectivity index (χ1v) is 20.2. The number of aromatic nitrogens is 4. The summed E-state index contributed by atoms with van der Waals surface area (Å²) in [5.74, 6) is 0.707. The molecule has 3 aliphatic heterocycles. The second-order valence-electron chi connectivity index (χ2n) is 16.7. The summed E-state index contributed by atoms with van der Waals surface area (Å²) >= 11 is 1.65. The second kappa shape index (κ2) is 13.4. The monoisotopic (exact) mass is 780 g/mol. The molecule has 15 heteroatoms. The molecule has 9 rings (SSSR count). The van der Waals surface area contributed by atoms with Crippen molar-refractivity contribution < 1.29 is 32.8 Å². The average molecular weight is 781 g/mol. The number of methoxy groups -OCH3 is 1. The van der Waals surface area contributed by atoms with E-state index < -0.39 is 42.5 Å². The quantitative estimate of drug-likeness (QED) is 0.155. The van der Waals surface area contributed by atoms with Gasteiger partial charge in [-0.15, -0.1) is 11.3 Å². The molecule has 2 saturated heterocycles. The van der Waals surface area contributed by atoms with Crippen LogP contribution in [0.3, 0.4) is 0 Å². The number of carbonyl (C=O) groups excluding carboxylic acids is 2. The van der Waals surface area contributed by atoms with Crippen molar-refractivity contribution >= 4 is 46.8 Å². The van der Waals surface area contributed by atoms with Gasteiger partial charge in [0.15, 0.2) is 0 Å². The Balaban J connectivity index is 1.07. The number of alkyl carbamates (subject to hydrolysis) is 1. The van der Waals surface area contributed by atoms with Crippen molar-refractivity contribution in [2.24, 2.45) is 5.92 Å². The number of aromatic amines is 1. The molecule has 2 aromatic carbocycles. The van der Waals surface area contributed by atoms with Gasteiger partial charge in [-0.05, 0) is 89.0 Å². The first-order valence-electron chi connectivity index (χ1n) is 19.4. The minimum Gasteiger partial charge on any atom is -0.464 e. The predicted molar refractivity (Wildman–Crippen MR) is 211 cm³/mol. The average Bonchev–Trinajstić information content (AvgIpc) is 3.62. The molecule has 12 nitrogen and oxygen atoms in total. The SMILES string of the molecule is COC(=O)N[C@H](C(=O)N1CCC[C@H]1c1ncc(-c2cc(F)c3c(c2)O[C@@H](c2cnc(C4CC4)s2)n2c-3cc3cc(B4OC(C)(C)C(C)(C)O4)ccc32)[nH]1)C(C)C. The number of nitrogens with one attached hydrogen (secondary N) is 2. The molecule has 3 fully saturated rings. The predicted octanol–water partition coefficient (Wildman–Crippen LogP) is 7.45. The van der Waals surface area contributed by atoms with E-state index in [1.54, 1.807) is 22.4 Å². The lowest BCUT2D eigenvalue weighted by molar-refractivity contribution is -0.135. The highest BCUT2D eigenvalue weighted by Gasteiger charge is 2.52. The number of hydrogen-bond donors (Lipinski definition) is 2. The number of likely N-dealkylation sites (tertiary alicyclic amines) is 1. The largest absolute Gasteiger partial charge is 0.494 e. The zero-order valence-corrected chi connectivity index (χ0v) is 33.5. The number of H-pyrrole nitrogens is 1. The molecule has 0 radical (unpaired) electrons. The number of ether oxygens (including phenoxy) is 2. The summed E-state index contributed by atoms with van der Waals surface area (Å²) in [6.45, 7) is 12.4. The van der Waals surface area contributed by atoms with E-state index in [9.17, 15) is 9.59 Å². The number of amides is 2. The van der Waals surface area contributed by atoms with Gasteiger partial charge in [-0.1, -0.05) is 26.0 Å². The van der Waals surface area contributed by atoms with Crippen LogP contribution >= 0.6 is 11.3 Å². The fourth-order valence-electron chi connectivity index (χ4n) is 8.04. The maximum atomic E-state index is 16.7. The zero-order chi connectivity index (χ0) is 39.3. The van der Waals surface area contributed by atoms with Gasteiger partial charge in [0.1, 0.15) is 23.4 Å². The van der Waals surface area contributed by atoms with Gasteiger partial charge in [-0.25, -0.2) is 19.2 Å². The molecule has 4 aliphatic rings. The third-order valence-corrected chi connectivity index (χ3v) is 13.2. The normalized spacial score (nSPS) is 21.6. The zero-order valence-electron chi connectivity index (χ0n) is 32.6. The van der Waals surface area contributed by atoms with Crippen LogP contribution in [-0.4, -0.2) is 74.4 Å². The van der Waals surface area contributed by atoms with Gasteiger partial charge in [0.25, 0.3) is 0 Å². The molecular weight excluding hydrogens is 734 g/mol. The Kier molecular flexibility index (Phi) is 8.86. The van der Waals surface area contributed by atoms with Gasteiger partial charge in [0.2, 0.25) is 12.1 Å². The number of carbonyl (C=O) groups is 2. The third kappa shape index (κ3) is 6.18. The van der Waals surface area contributed by atoms with Crippen molar-refractivity contribution in [2.75, 3.05) is 13.7 Å². The van der Waals surface area contributed by atoms with E-state index in [1.807, 2.05) is 72.0 Å². The third-order valence-electron chi connectivity index (χ3n) is 12.0. The fourth-order valence-corrected chi connectivity index (χ4v) is 9.15. The smallest absolute Gasteiger partial charge is 0.464 e. The minimum absolute atomic E-state index is 0.154. The van der Waals surface area contributed by atoms with E-state index in [1.165, 1.54) is 13.2 Å². The van der Waals surface area contributed by atoms with E-state index in [0.29, 0.717) is 53.0 Å². The topological polar surface area (TPSA) is 133 Å². The molecule has 5 aromatic rings. The van der Waals surface area contributed by atoms with Crippen LogP contribution in [0.4, 0.5) is 9.18 Å². The molecule has 0 unspecified atom stereocenters. The Bertz CT molecular complexity index is 2350. The van der Waals surface area contributed by atoms with Crippen LogP contribution in [0.25, 0.3) is 33.4 Å². The number of rotatable bonds is 8. The fraction of sp³-hybridized carbons (Fsp3) is 0.463. The lowest BCUT2D eigenvalue weighted by Gasteiger charge is -2.32. The summed E-state index contributed by atoms with van der Waals surface area (Å²) in [4.78, 5) is 41.3. The molecule has 0 spiro atoms. The van der Waals surface area contributed by atoms with Gasteiger partial charge in [-0.3, -0.25) is 9.36 Å². The summed E-state index contributed by atoms with van der Waals surface area (Å²) in [5, 5.41) is 4.70. The summed E-state index contributed by atoms with van der Waals surface area (Å²) in [7, 11) is 0.738. The van der Waals surface area contributed by atoms with E-state index in [4.69, 9.17) is 23.8 Å². The Morgan fingerprint density at radius 1 is 1.05 bits per heavy atom. The van der Waals surface area contributed by atoms with Crippen LogP contribution in [0.1, 0.15) is 101 Å². The summed E-state index contributed by atoms with van der Waals surface area (Å²) in [6.07, 6.45) is 6.09. The Labute approximate surface area is 329 Å². The molecule has 2 amide bonds. The van der Waals surface area contributed by atoms with Gasteiger partial charge in [-0.2, -0.15) is 0 Å². The standard InChI is InChI=1S/C41H46BFN6O6S/c1-21(2)34(47-39(51)52-7)37(50)48-14-8-9-29(48)35-44-19-27(46-35)23-16-26(43)33-30-17-24-15-25(42-54-40(3,4)41(5,6)55-42)12-13-28(24)49(30)38(53-31(33)18-23)32-20-45-36(56-32)22-10-11-22/h12-13,15-22,29,34,38H,8-11,14H2,1-7H3,(H,44,46)(H,47,51)/t29-,34-,38-/m0/s1. The van der Waals surface area contributed by atoms with E-state index >= 15 is 4.39 Å². The summed E-state index contributed by atoms with van der Waals surface area (Å²) in [6, 6.07) is 10.4. The highest BCUT2D eigenvalue weighted by Crippen LogP contribution is 2.49. The molecule has 292 valence electrons. The lowest BCUT2D eigenvalue weighted by Crippen LogP contribution is -2.51. The number of fused-ring (bicyclic) bond motifs is 5. The van der Waals surface area contributed by atoms with Crippen molar-refractivity contribution in [3.05, 3.63) is 70.3 Å². The molecule has 3 atom stereocenters. The van der Waals surface area contributed by atoms with Crippen LogP contribution in [0, 0.1) is 11.7 Å². The number of imidazole rings is 1. The first-order chi connectivity index (χ1) is 26.7. The molecule has 2 N–H and O–H groups in total. The Morgan fingerprint density at radius 2 is 1.82 bits per heavy atom. The van der Waals surface area contributed by atoms with Gasteiger partial charge in [0.05, 0.1) is 62.9 Å². The highest BCUT2D eigenvalue weighted by atomic mass is 32.1. The van der Waals surface area contributed by atoms with Crippen molar-refractivity contribution in [2.45, 2.75) is 103 Å². The van der Waals surface area contributed by atoms with Crippen LogP contribution in [0.5, 0.6) is 5.75 Å². The Morgan fingerprint density at radius 3 is 2.54 bits per heavy atom. The first kappa shape index (κ1) is 36.9. The van der Waals surface area contributed by atoms with Gasteiger partial charge < -0.3 is 34.0 Å². The summed E-state index contributed by atoms with van der Waals surface area (Å²) < 4.78 is 43.1. The maximum Gasteiger partial charge on any atom is 0.494 e. The minimum atomic E-state index is -0.748. The van der Waals surface area contributed by atoms with E-state index in [0.717, 1.165) is 45.5 Å². The van der Waals surface area contributed by atoms with Crippen LogP contribution < -0.4 is 15.5 Å². The van der Waals surface area contributed by atoms with Crippen molar-refractivity contribution in [3.63, 3.8) is 0 Å². The number of hydrogen-bond acceptors (Lipinski definition) is 9. The summed E-state index contributed by atoms with van der Waals surface area (Å²) in [5.41, 5.74) is 3.05. The molecule has 1 saturated carbocycles. The molecule has 0 bridgehead atoms. The molecule has 3 aromatic heterocycles. The van der Waals surface area contributed by atoms with Crippen LogP contribution in [0.2, 0.25) is 0 Å². The highest BCUT2D eigenvalue weighted by molar-refractivity contribution is 7.11. The molecule has 6 heterocycles. The van der Waals surface area contributed by atoms with Gasteiger partial charge >= 0.3 is 13.2 Å². The lowest BCUT2D eigenvalue weighted by atomic mass is 9.78. The van der Waals surface area contributed by atoms with Crippen LogP contribution in [-0.2, 0) is 18.8 Å². The number of benzene rings is 2. The second-order valence-corrected chi connectivity index (χ2v) is 17.8. The number of halogens is 1. The molecule has 56 heavy (non-hydrogen) atoms. The van der Waals surface area contributed by atoms with Crippen LogP contribution in [0.15, 0.2) is 48.8 Å². The molecule has 1 aliphatic carbocycles. The molecular formula is C41H46BFN6O6S. The van der Waals surface area contributed by atoms with Gasteiger partial charge in [0, 0.05) is 29.6 Å². The van der Waals surface area contributed by atoms with Crippen molar-refractivity contribution in [3.8, 4) is 28.3 Å². The van der Waals surface area contributed by atoms with E-state index in [-0.39, 0.29) is 17.9 Å². The van der Waals surface area contributed by atoms with E-state index in [2.05, 4.69) is 25.9 Å². The maximum absolute atomic E-state index is 16.7. The Hall–Kier alpha value is -4.73.